The van der Waals surface area contributed by atoms with Crippen LogP contribution in [0.2, 0.25) is 0 Å². The maximum absolute atomic E-state index is 5.74. The van der Waals surface area contributed by atoms with Crippen LogP contribution in [0.15, 0.2) is 0 Å². The molecule has 4 bridgehead atoms. The van der Waals surface area contributed by atoms with Gasteiger partial charge in [0, 0.05) is 0 Å². The highest BCUT2D eigenvalue weighted by Gasteiger charge is 2.57. The SMILES string of the molecule is C#CC(NC)C12CC3CC(CC(C)(C3)C1)C2. The van der Waals surface area contributed by atoms with E-state index in [1.54, 1.807) is 0 Å². The molecule has 4 aliphatic rings. The average molecular weight is 217 g/mol. The lowest BCUT2D eigenvalue weighted by molar-refractivity contribution is -0.109. The van der Waals surface area contributed by atoms with Crippen LogP contribution in [0.4, 0.5) is 0 Å². The predicted octanol–water partition coefficient (Wildman–Crippen LogP) is 2.81. The lowest BCUT2D eigenvalue weighted by atomic mass is 9.43. The normalized spacial score (nSPS) is 51.3. The van der Waals surface area contributed by atoms with Gasteiger partial charge in [-0.3, -0.25) is 0 Å². The molecule has 0 amide bonds. The van der Waals surface area contributed by atoms with Gasteiger partial charge >= 0.3 is 0 Å². The molecule has 88 valence electrons. The molecule has 0 aromatic carbocycles. The summed E-state index contributed by atoms with van der Waals surface area (Å²) < 4.78 is 0. The molecule has 4 saturated carbocycles. The molecule has 1 N–H and O–H groups in total. The van der Waals surface area contributed by atoms with Gasteiger partial charge in [0.2, 0.25) is 0 Å². The quantitative estimate of drug-likeness (QED) is 0.701. The highest BCUT2D eigenvalue weighted by Crippen LogP contribution is 2.65. The van der Waals surface area contributed by atoms with Gasteiger partial charge < -0.3 is 5.32 Å². The monoisotopic (exact) mass is 217 g/mol. The Labute approximate surface area is 99.4 Å². The summed E-state index contributed by atoms with van der Waals surface area (Å²) in [5.41, 5.74) is 1.04. The van der Waals surface area contributed by atoms with Crippen molar-refractivity contribution in [3.8, 4) is 12.3 Å². The van der Waals surface area contributed by atoms with E-state index in [4.69, 9.17) is 6.42 Å². The van der Waals surface area contributed by atoms with E-state index >= 15 is 0 Å². The van der Waals surface area contributed by atoms with Gasteiger partial charge in [0.1, 0.15) is 0 Å². The Bertz CT molecular complexity index is 324. The largest absolute Gasteiger partial charge is 0.306 e. The van der Waals surface area contributed by atoms with Crippen LogP contribution in [0.3, 0.4) is 0 Å². The van der Waals surface area contributed by atoms with Crippen LogP contribution < -0.4 is 5.32 Å². The number of hydrogen-bond donors (Lipinski definition) is 1. The first-order chi connectivity index (χ1) is 7.59. The molecule has 0 aliphatic heterocycles. The topological polar surface area (TPSA) is 12.0 Å². The number of hydrogen-bond acceptors (Lipinski definition) is 1. The molecule has 4 fully saturated rings. The van der Waals surface area contributed by atoms with E-state index in [2.05, 4.69) is 18.2 Å². The van der Waals surface area contributed by atoms with Crippen molar-refractivity contribution >= 4 is 0 Å². The van der Waals surface area contributed by atoms with Crippen LogP contribution in [-0.4, -0.2) is 13.1 Å². The molecule has 0 radical (unpaired) electrons. The van der Waals surface area contributed by atoms with Gasteiger partial charge in [0.05, 0.1) is 6.04 Å². The van der Waals surface area contributed by atoms with E-state index in [1.165, 1.54) is 38.5 Å². The third-order valence-electron chi connectivity index (χ3n) is 5.47. The van der Waals surface area contributed by atoms with Crippen LogP contribution in [0, 0.1) is 35.0 Å². The number of nitrogens with one attached hydrogen (secondary N) is 1. The molecule has 0 spiro atoms. The van der Waals surface area contributed by atoms with Crippen LogP contribution in [0.5, 0.6) is 0 Å². The molecule has 4 rings (SSSR count). The third-order valence-corrected chi connectivity index (χ3v) is 5.47. The second-order valence-corrected chi connectivity index (χ2v) is 7.02. The van der Waals surface area contributed by atoms with Crippen LogP contribution in [0.1, 0.15) is 45.4 Å². The van der Waals surface area contributed by atoms with Crippen molar-refractivity contribution in [1.82, 2.24) is 5.32 Å². The molecule has 0 aromatic heterocycles. The van der Waals surface area contributed by atoms with E-state index in [1.807, 2.05) is 7.05 Å². The minimum absolute atomic E-state index is 0.303. The van der Waals surface area contributed by atoms with Crippen molar-refractivity contribution in [2.45, 2.75) is 51.5 Å². The van der Waals surface area contributed by atoms with Crippen molar-refractivity contribution in [1.29, 1.82) is 0 Å². The third kappa shape index (κ3) is 1.36. The zero-order valence-electron chi connectivity index (χ0n) is 10.6. The summed E-state index contributed by atoms with van der Waals surface area (Å²) in [6.45, 7) is 2.50. The van der Waals surface area contributed by atoms with E-state index in [0.717, 1.165) is 11.8 Å². The van der Waals surface area contributed by atoms with Crippen molar-refractivity contribution in [3.63, 3.8) is 0 Å². The van der Waals surface area contributed by atoms with Gasteiger partial charge in [-0.25, -0.2) is 0 Å². The van der Waals surface area contributed by atoms with E-state index in [9.17, 15) is 0 Å². The molecule has 3 unspecified atom stereocenters. The van der Waals surface area contributed by atoms with Gasteiger partial charge in [-0.1, -0.05) is 12.8 Å². The molecular formula is C15H23N. The van der Waals surface area contributed by atoms with Gasteiger partial charge in [0.25, 0.3) is 0 Å². The van der Waals surface area contributed by atoms with Crippen LogP contribution >= 0.6 is 0 Å². The average Bonchev–Trinajstić information content (AvgIpc) is 2.14. The minimum atomic E-state index is 0.303. The minimum Gasteiger partial charge on any atom is -0.306 e. The smallest absolute Gasteiger partial charge is 0.0741 e. The maximum Gasteiger partial charge on any atom is 0.0741 e. The first-order valence-electron chi connectivity index (χ1n) is 6.73. The maximum atomic E-state index is 5.74. The van der Waals surface area contributed by atoms with Crippen molar-refractivity contribution in [2.24, 2.45) is 22.7 Å². The van der Waals surface area contributed by atoms with Gasteiger partial charge in [-0.05, 0) is 68.2 Å². The molecule has 1 nitrogen and oxygen atoms in total. The van der Waals surface area contributed by atoms with E-state index < -0.39 is 0 Å². The van der Waals surface area contributed by atoms with Crippen molar-refractivity contribution < 1.29 is 0 Å². The summed E-state index contributed by atoms with van der Waals surface area (Å²) in [4.78, 5) is 0. The summed E-state index contributed by atoms with van der Waals surface area (Å²) in [5, 5.41) is 3.39. The highest BCUT2D eigenvalue weighted by molar-refractivity contribution is 5.16. The first kappa shape index (κ1) is 10.7. The second-order valence-electron chi connectivity index (χ2n) is 7.02. The van der Waals surface area contributed by atoms with Crippen LogP contribution in [-0.2, 0) is 0 Å². The number of terminal acetylenes is 1. The Morgan fingerprint density at radius 1 is 1.25 bits per heavy atom. The summed E-state index contributed by atoms with van der Waals surface area (Å²) in [5.74, 6) is 4.95. The van der Waals surface area contributed by atoms with Crippen molar-refractivity contribution in [2.75, 3.05) is 7.05 Å². The summed E-state index contributed by atoms with van der Waals surface area (Å²) >= 11 is 0. The molecule has 16 heavy (non-hydrogen) atoms. The van der Waals surface area contributed by atoms with E-state index in [0.29, 0.717) is 16.9 Å². The zero-order chi connectivity index (χ0) is 11.4. The van der Waals surface area contributed by atoms with Crippen LogP contribution in [0.25, 0.3) is 0 Å². The standard InChI is InChI=1S/C15H23N/c1-4-13(16-3)15-8-11-5-12(9-15)7-14(2,6-11)10-15/h1,11-13,16H,5-10H2,2-3H3. The molecule has 3 atom stereocenters. The Hall–Kier alpha value is -0.480. The lowest BCUT2D eigenvalue weighted by Gasteiger charge is -2.62. The molecule has 0 saturated heterocycles. The summed E-state index contributed by atoms with van der Waals surface area (Å²) in [6, 6.07) is 0.303. The fourth-order valence-corrected chi connectivity index (χ4v) is 5.70. The van der Waals surface area contributed by atoms with Crippen molar-refractivity contribution in [3.05, 3.63) is 0 Å². The Morgan fingerprint density at radius 3 is 2.31 bits per heavy atom. The first-order valence-corrected chi connectivity index (χ1v) is 6.73. The Kier molecular flexibility index (Phi) is 2.17. The fraction of sp³-hybridized carbons (Fsp3) is 0.867. The number of rotatable bonds is 2. The zero-order valence-corrected chi connectivity index (χ0v) is 10.6. The fourth-order valence-electron chi connectivity index (χ4n) is 5.70. The molecular weight excluding hydrogens is 194 g/mol. The molecule has 4 aliphatic carbocycles. The van der Waals surface area contributed by atoms with Gasteiger partial charge in [-0.15, -0.1) is 6.42 Å². The van der Waals surface area contributed by atoms with E-state index in [-0.39, 0.29) is 0 Å². The highest BCUT2D eigenvalue weighted by atomic mass is 14.9. The summed E-state index contributed by atoms with van der Waals surface area (Å²) in [6.07, 6.45) is 14.3. The summed E-state index contributed by atoms with van der Waals surface area (Å²) in [7, 11) is 2.03. The van der Waals surface area contributed by atoms with Gasteiger partial charge in [0.15, 0.2) is 0 Å². The molecule has 0 heterocycles. The Morgan fingerprint density at radius 2 is 1.88 bits per heavy atom. The second kappa shape index (κ2) is 3.26. The lowest BCUT2D eigenvalue weighted by Crippen LogP contribution is -2.57. The Balaban J connectivity index is 1.95. The van der Waals surface area contributed by atoms with Gasteiger partial charge in [-0.2, -0.15) is 0 Å². The molecule has 0 aromatic rings. The predicted molar refractivity (Wildman–Crippen MR) is 66.9 cm³/mol. The molecule has 1 heteroatoms.